The molecule has 1 aromatic carbocycles. The molecule has 1 aliphatic heterocycles. The minimum absolute atomic E-state index is 0.0987. The van der Waals surface area contributed by atoms with E-state index in [1.807, 2.05) is 0 Å². The van der Waals surface area contributed by atoms with E-state index in [-0.39, 0.29) is 24.0 Å². The number of hydrogen-bond donors (Lipinski definition) is 3. The maximum absolute atomic E-state index is 12.1. The zero-order valence-electron chi connectivity index (χ0n) is 10.8. The highest BCUT2D eigenvalue weighted by molar-refractivity contribution is 6.06. The molecule has 0 bridgehead atoms. The van der Waals surface area contributed by atoms with Crippen molar-refractivity contribution < 1.29 is 14.3 Å². The number of amides is 2. The standard InChI is InChI=1S/C14H11N3O4/c18-11-5-4-8(6-15-11)14(20)17-10-3-1-2-9-13(10)21-7-12(19)16-9/h1-6H,7H2,(H,15,18)(H,16,19)(H,17,20). The van der Waals surface area contributed by atoms with Gasteiger partial charge >= 0.3 is 0 Å². The Balaban J connectivity index is 1.87. The van der Waals surface area contributed by atoms with E-state index >= 15 is 0 Å². The van der Waals surface area contributed by atoms with Crippen LogP contribution in [0.1, 0.15) is 10.4 Å². The summed E-state index contributed by atoms with van der Waals surface area (Å²) in [7, 11) is 0. The number of nitrogens with one attached hydrogen (secondary N) is 3. The van der Waals surface area contributed by atoms with Gasteiger partial charge in [-0.3, -0.25) is 14.4 Å². The summed E-state index contributed by atoms with van der Waals surface area (Å²) >= 11 is 0. The Morgan fingerprint density at radius 3 is 2.81 bits per heavy atom. The highest BCUT2D eigenvalue weighted by Gasteiger charge is 2.20. The van der Waals surface area contributed by atoms with Gasteiger partial charge < -0.3 is 20.4 Å². The predicted octanol–water partition coefficient (Wildman–Crippen LogP) is 0.958. The van der Waals surface area contributed by atoms with Gasteiger partial charge in [-0.15, -0.1) is 0 Å². The number of carbonyl (C=O) groups is 2. The van der Waals surface area contributed by atoms with Crippen molar-refractivity contribution in [3.05, 3.63) is 52.4 Å². The van der Waals surface area contributed by atoms with Crippen LogP contribution in [0.25, 0.3) is 0 Å². The zero-order valence-corrected chi connectivity index (χ0v) is 10.8. The monoisotopic (exact) mass is 285 g/mol. The number of fused-ring (bicyclic) bond motifs is 1. The summed E-state index contributed by atoms with van der Waals surface area (Å²) in [5.74, 6) is -0.221. The molecular weight excluding hydrogens is 274 g/mol. The summed E-state index contributed by atoms with van der Waals surface area (Å²) in [5, 5.41) is 5.34. The summed E-state index contributed by atoms with van der Waals surface area (Å²) in [6, 6.07) is 7.73. The predicted molar refractivity (Wildman–Crippen MR) is 75.6 cm³/mol. The number of para-hydroxylation sites is 1. The molecule has 0 unspecified atom stereocenters. The largest absolute Gasteiger partial charge is 0.479 e. The maximum atomic E-state index is 12.1. The molecule has 1 aromatic heterocycles. The van der Waals surface area contributed by atoms with Gasteiger partial charge in [0.25, 0.3) is 11.8 Å². The van der Waals surface area contributed by atoms with E-state index in [0.29, 0.717) is 22.7 Å². The molecule has 0 aliphatic carbocycles. The van der Waals surface area contributed by atoms with Crippen molar-refractivity contribution in [3.63, 3.8) is 0 Å². The van der Waals surface area contributed by atoms with Crippen molar-refractivity contribution in [3.8, 4) is 5.75 Å². The van der Waals surface area contributed by atoms with Crippen LogP contribution in [-0.2, 0) is 4.79 Å². The van der Waals surface area contributed by atoms with Crippen LogP contribution in [0.15, 0.2) is 41.3 Å². The minimum Gasteiger partial charge on any atom is -0.479 e. The summed E-state index contributed by atoms with van der Waals surface area (Å²) in [5.41, 5.74) is 0.982. The molecule has 0 radical (unpaired) electrons. The van der Waals surface area contributed by atoms with E-state index in [2.05, 4.69) is 15.6 Å². The number of anilines is 2. The van der Waals surface area contributed by atoms with Gasteiger partial charge in [0.05, 0.1) is 16.9 Å². The molecule has 0 fully saturated rings. The average Bonchev–Trinajstić information content (AvgIpc) is 2.47. The van der Waals surface area contributed by atoms with Crippen molar-refractivity contribution in [2.45, 2.75) is 0 Å². The smallest absolute Gasteiger partial charge is 0.262 e. The number of rotatable bonds is 2. The lowest BCUT2D eigenvalue weighted by Gasteiger charge is -2.20. The first-order valence-electron chi connectivity index (χ1n) is 6.19. The van der Waals surface area contributed by atoms with Gasteiger partial charge in [0, 0.05) is 12.3 Å². The second-order valence-corrected chi connectivity index (χ2v) is 4.41. The van der Waals surface area contributed by atoms with Crippen LogP contribution < -0.4 is 20.9 Å². The quantitative estimate of drug-likeness (QED) is 0.765. The summed E-state index contributed by atoms with van der Waals surface area (Å²) < 4.78 is 5.34. The fourth-order valence-electron chi connectivity index (χ4n) is 1.96. The van der Waals surface area contributed by atoms with Crippen LogP contribution in [0.5, 0.6) is 5.75 Å². The number of carbonyl (C=O) groups excluding carboxylic acids is 2. The third-order valence-electron chi connectivity index (χ3n) is 2.93. The third kappa shape index (κ3) is 2.62. The van der Waals surface area contributed by atoms with E-state index < -0.39 is 0 Å². The summed E-state index contributed by atoms with van der Waals surface area (Å²) in [4.78, 5) is 36.8. The number of hydrogen-bond acceptors (Lipinski definition) is 4. The van der Waals surface area contributed by atoms with Crippen molar-refractivity contribution >= 4 is 23.2 Å². The number of aromatic nitrogens is 1. The summed E-state index contributed by atoms with van der Waals surface area (Å²) in [6.45, 7) is -0.0987. The van der Waals surface area contributed by atoms with Crippen molar-refractivity contribution in [2.24, 2.45) is 0 Å². The Morgan fingerprint density at radius 2 is 2.05 bits per heavy atom. The highest BCUT2D eigenvalue weighted by Crippen LogP contribution is 2.35. The molecule has 106 valence electrons. The molecule has 0 saturated carbocycles. The molecule has 2 aromatic rings. The van der Waals surface area contributed by atoms with Gasteiger partial charge in [-0.2, -0.15) is 0 Å². The third-order valence-corrected chi connectivity index (χ3v) is 2.93. The molecule has 0 spiro atoms. The zero-order chi connectivity index (χ0) is 14.8. The normalized spacial score (nSPS) is 12.9. The number of benzene rings is 1. The van der Waals surface area contributed by atoms with Gasteiger partial charge in [0.1, 0.15) is 0 Å². The van der Waals surface area contributed by atoms with Crippen LogP contribution in [0.3, 0.4) is 0 Å². The molecule has 2 amide bonds. The molecule has 7 heteroatoms. The number of ether oxygens (including phenoxy) is 1. The first-order chi connectivity index (χ1) is 10.1. The fraction of sp³-hybridized carbons (Fsp3) is 0.0714. The average molecular weight is 285 g/mol. The van der Waals surface area contributed by atoms with Gasteiger partial charge in [0.15, 0.2) is 12.4 Å². The van der Waals surface area contributed by atoms with Gasteiger partial charge in [0.2, 0.25) is 5.56 Å². The lowest BCUT2D eigenvalue weighted by Crippen LogP contribution is -2.26. The lowest BCUT2D eigenvalue weighted by molar-refractivity contribution is -0.118. The number of H-pyrrole nitrogens is 1. The molecule has 3 rings (SSSR count). The summed E-state index contributed by atoms with van der Waals surface area (Å²) in [6.07, 6.45) is 1.33. The van der Waals surface area contributed by atoms with Crippen LogP contribution in [0.4, 0.5) is 11.4 Å². The maximum Gasteiger partial charge on any atom is 0.262 e. The fourth-order valence-corrected chi connectivity index (χ4v) is 1.96. The number of pyridine rings is 1. The van der Waals surface area contributed by atoms with E-state index in [9.17, 15) is 14.4 Å². The second-order valence-electron chi connectivity index (χ2n) is 4.41. The molecule has 2 heterocycles. The van der Waals surface area contributed by atoms with E-state index in [0.717, 1.165) is 0 Å². The van der Waals surface area contributed by atoms with Crippen molar-refractivity contribution in [1.82, 2.24) is 4.98 Å². The molecule has 0 atom stereocenters. The Bertz CT molecular complexity index is 762. The van der Waals surface area contributed by atoms with Crippen LogP contribution >= 0.6 is 0 Å². The molecule has 3 N–H and O–H groups in total. The molecular formula is C14H11N3O4. The van der Waals surface area contributed by atoms with Crippen molar-refractivity contribution in [1.29, 1.82) is 0 Å². The van der Waals surface area contributed by atoms with Crippen LogP contribution in [0.2, 0.25) is 0 Å². The van der Waals surface area contributed by atoms with Crippen LogP contribution in [0, 0.1) is 0 Å². The minimum atomic E-state index is -0.389. The number of aromatic amines is 1. The van der Waals surface area contributed by atoms with Gasteiger partial charge in [-0.05, 0) is 18.2 Å². The van der Waals surface area contributed by atoms with Gasteiger partial charge in [-0.1, -0.05) is 6.07 Å². The first-order valence-corrected chi connectivity index (χ1v) is 6.19. The Kier molecular flexibility index (Phi) is 3.15. The molecule has 7 nitrogen and oxygen atoms in total. The molecule has 21 heavy (non-hydrogen) atoms. The van der Waals surface area contributed by atoms with Crippen molar-refractivity contribution in [2.75, 3.05) is 17.2 Å². The Hall–Kier alpha value is -3.09. The first kappa shape index (κ1) is 12.9. The SMILES string of the molecule is O=C1COc2c(cccc2NC(=O)c2ccc(=O)[nH]c2)N1. The second kappa shape index (κ2) is 5.12. The Morgan fingerprint density at radius 1 is 1.19 bits per heavy atom. The molecule has 1 aliphatic rings. The van der Waals surface area contributed by atoms with E-state index in [1.165, 1.54) is 18.3 Å². The van der Waals surface area contributed by atoms with Gasteiger partial charge in [-0.25, -0.2) is 0 Å². The van der Waals surface area contributed by atoms with E-state index in [1.54, 1.807) is 18.2 Å². The highest BCUT2D eigenvalue weighted by atomic mass is 16.5. The topological polar surface area (TPSA) is 100 Å². The van der Waals surface area contributed by atoms with Crippen LogP contribution in [-0.4, -0.2) is 23.4 Å². The molecule has 0 saturated heterocycles. The Labute approximate surface area is 118 Å². The van der Waals surface area contributed by atoms with E-state index in [4.69, 9.17) is 4.74 Å². The lowest BCUT2D eigenvalue weighted by atomic mass is 10.2.